The van der Waals surface area contributed by atoms with Gasteiger partial charge in [0.15, 0.2) is 5.96 Å². The van der Waals surface area contributed by atoms with E-state index in [1.165, 1.54) is 0 Å². The van der Waals surface area contributed by atoms with Crippen LogP contribution in [0.2, 0.25) is 0 Å². The summed E-state index contributed by atoms with van der Waals surface area (Å²) in [7, 11) is 0. The molecule has 236 valence electrons. The van der Waals surface area contributed by atoms with Crippen molar-refractivity contribution in [3.8, 4) is 0 Å². The number of carbonyl (C=O) groups is 2. The molecule has 0 radical (unpaired) electrons. The number of urea groups is 1. The van der Waals surface area contributed by atoms with Gasteiger partial charge in [0.1, 0.15) is 5.82 Å². The van der Waals surface area contributed by atoms with Crippen LogP contribution in [-0.2, 0) is 37.4 Å². The van der Waals surface area contributed by atoms with E-state index in [0.717, 1.165) is 45.6 Å². The van der Waals surface area contributed by atoms with Gasteiger partial charge < -0.3 is 32.7 Å². The predicted molar refractivity (Wildman–Crippen MR) is 181 cm³/mol. The number of nitrogens with zero attached hydrogens (tertiary/aromatic N) is 1. The summed E-state index contributed by atoms with van der Waals surface area (Å²) < 4.78 is 0. The molecule has 46 heavy (non-hydrogen) atoms. The molecule has 4 aromatic carbocycles. The largest absolute Gasteiger partial charge is 0.384 e. The Morgan fingerprint density at radius 3 is 1.89 bits per heavy atom. The van der Waals surface area contributed by atoms with Crippen molar-refractivity contribution < 1.29 is 9.59 Å². The summed E-state index contributed by atoms with van der Waals surface area (Å²) in [5, 5.41) is 14.8. The summed E-state index contributed by atoms with van der Waals surface area (Å²) >= 11 is 0. The monoisotopic (exact) mass is 616 g/mol. The van der Waals surface area contributed by atoms with E-state index >= 15 is 0 Å². The van der Waals surface area contributed by atoms with Crippen LogP contribution in [0.15, 0.2) is 126 Å². The number of nitrogens with one attached hydrogen (secondary N) is 5. The molecular formula is C36H40N8O2. The van der Waals surface area contributed by atoms with Gasteiger partial charge in [-0.3, -0.25) is 10.1 Å². The lowest BCUT2D eigenvalue weighted by molar-refractivity contribution is -0.122. The number of nitrogens with two attached hydrogens (primary N) is 2. The summed E-state index contributed by atoms with van der Waals surface area (Å²) in [5.41, 5.74) is 18.9. The quantitative estimate of drug-likeness (QED) is 0.0690. The normalized spacial score (nSPS) is 14.0. The molecule has 5 rings (SSSR count). The number of hydrogen-bond donors (Lipinski definition) is 7. The van der Waals surface area contributed by atoms with Gasteiger partial charge in [0.2, 0.25) is 5.91 Å². The Morgan fingerprint density at radius 2 is 1.24 bits per heavy atom. The zero-order valence-corrected chi connectivity index (χ0v) is 25.6. The maximum Gasteiger partial charge on any atom is 0.321 e. The molecule has 0 bridgehead atoms. The minimum absolute atomic E-state index is 0.0120. The van der Waals surface area contributed by atoms with E-state index in [2.05, 4.69) is 31.6 Å². The van der Waals surface area contributed by atoms with Crippen LogP contribution in [0.25, 0.3) is 0 Å². The van der Waals surface area contributed by atoms with Gasteiger partial charge in [-0.05, 0) is 39.8 Å². The van der Waals surface area contributed by atoms with Crippen molar-refractivity contribution >= 4 is 17.9 Å². The molecule has 9 N–H and O–H groups in total. The fourth-order valence-electron chi connectivity index (χ4n) is 4.99. The lowest BCUT2D eigenvalue weighted by Crippen LogP contribution is -2.43. The molecule has 10 heteroatoms. The maximum atomic E-state index is 13.4. The third-order valence-electron chi connectivity index (χ3n) is 7.54. The van der Waals surface area contributed by atoms with E-state index < -0.39 is 6.03 Å². The van der Waals surface area contributed by atoms with Crippen molar-refractivity contribution in [2.45, 2.75) is 38.5 Å². The van der Waals surface area contributed by atoms with E-state index in [4.69, 9.17) is 11.5 Å². The van der Waals surface area contributed by atoms with Gasteiger partial charge in [-0.1, -0.05) is 109 Å². The standard InChI is InChI=1S/C36H40N8O2/c37-33(32-24-39-32)40-20-26-11-7-14-29(17-26)23-43-36(46)44-35(38)42-22-28-13-8-12-27(18-28)21-41-34(45)31(30-15-5-2-6-16-30)19-25-9-3-1-4-10-25/h1-18,31,39-40H,19-24,37H2,(H,41,45)(H4,38,42,43,44,46)/b33-32-. The highest BCUT2D eigenvalue weighted by molar-refractivity contribution is 5.95. The van der Waals surface area contributed by atoms with Gasteiger partial charge in [-0.15, -0.1) is 0 Å². The first-order chi connectivity index (χ1) is 22.4. The van der Waals surface area contributed by atoms with Gasteiger partial charge in [0.25, 0.3) is 0 Å². The minimum atomic E-state index is -0.446. The number of amides is 3. The van der Waals surface area contributed by atoms with Crippen molar-refractivity contribution in [3.05, 3.63) is 154 Å². The van der Waals surface area contributed by atoms with Crippen LogP contribution in [0.4, 0.5) is 4.79 Å². The van der Waals surface area contributed by atoms with E-state index in [-0.39, 0.29) is 24.3 Å². The van der Waals surface area contributed by atoms with Crippen LogP contribution in [0.1, 0.15) is 39.3 Å². The molecule has 10 nitrogen and oxygen atoms in total. The highest BCUT2D eigenvalue weighted by Crippen LogP contribution is 2.21. The second-order valence-corrected chi connectivity index (χ2v) is 11.1. The molecule has 1 saturated heterocycles. The third-order valence-corrected chi connectivity index (χ3v) is 7.54. The molecule has 1 aliphatic rings. The summed E-state index contributed by atoms with van der Waals surface area (Å²) in [5.74, 6) is 0.330. The molecule has 3 amide bonds. The number of guanidine groups is 1. The summed E-state index contributed by atoms with van der Waals surface area (Å²) in [4.78, 5) is 30.1. The molecule has 4 aromatic rings. The molecule has 0 saturated carbocycles. The fraction of sp³-hybridized carbons (Fsp3) is 0.194. The lowest BCUT2D eigenvalue weighted by atomic mass is 9.91. The van der Waals surface area contributed by atoms with Crippen LogP contribution in [0.5, 0.6) is 0 Å². The first-order valence-corrected chi connectivity index (χ1v) is 15.3. The van der Waals surface area contributed by atoms with Gasteiger partial charge in [0, 0.05) is 19.6 Å². The SMILES string of the molecule is NC(=NCc1cccc(CNC(=O)C(Cc2ccccc2)c2ccccc2)c1)NC(=O)NCc1cccc(CN/C(N)=C2/CN2)c1. The van der Waals surface area contributed by atoms with Crippen LogP contribution in [0.3, 0.4) is 0 Å². The molecule has 0 spiro atoms. The fourth-order valence-corrected chi connectivity index (χ4v) is 4.99. The second kappa shape index (κ2) is 15.8. The molecular weight excluding hydrogens is 576 g/mol. The zero-order valence-electron chi connectivity index (χ0n) is 25.6. The third kappa shape index (κ3) is 9.88. The molecule has 1 heterocycles. The van der Waals surface area contributed by atoms with E-state index in [1.54, 1.807) is 0 Å². The van der Waals surface area contributed by atoms with E-state index in [9.17, 15) is 9.59 Å². The minimum Gasteiger partial charge on any atom is -0.384 e. The number of benzene rings is 4. The highest BCUT2D eigenvalue weighted by atomic mass is 16.2. The Bertz CT molecular complexity index is 1680. The van der Waals surface area contributed by atoms with Gasteiger partial charge >= 0.3 is 6.03 Å². The first kappa shape index (κ1) is 31.6. The van der Waals surface area contributed by atoms with Crippen molar-refractivity contribution in [3.63, 3.8) is 0 Å². The predicted octanol–water partition coefficient (Wildman–Crippen LogP) is 3.46. The topological polar surface area (TPSA) is 169 Å². The Balaban J connectivity index is 1.09. The summed E-state index contributed by atoms with van der Waals surface area (Å²) in [6, 6.07) is 35.1. The van der Waals surface area contributed by atoms with Gasteiger partial charge in [-0.25, -0.2) is 9.79 Å². The number of aliphatic imine (C=N–C) groups is 1. The van der Waals surface area contributed by atoms with E-state index in [0.29, 0.717) is 31.9 Å². The molecule has 1 unspecified atom stereocenters. The van der Waals surface area contributed by atoms with Crippen molar-refractivity contribution in [2.75, 3.05) is 6.54 Å². The smallest absolute Gasteiger partial charge is 0.321 e. The average molecular weight is 617 g/mol. The Hall–Kier alpha value is -5.77. The van der Waals surface area contributed by atoms with Crippen LogP contribution < -0.4 is 38.1 Å². The molecule has 0 aromatic heterocycles. The highest BCUT2D eigenvalue weighted by Gasteiger charge is 2.21. The maximum absolute atomic E-state index is 13.4. The number of rotatable bonds is 13. The second-order valence-electron chi connectivity index (χ2n) is 11.1. The summed E-state index contributed by atoms with van der Waals surface area (Å²) in [6.07, 6.45) is 0.612. The number of carbonyl (C=O) groups excluding carboxylic acids is 2. The van der Waals surface area contributed by atoms with Crippen molar-refractivity contribution in [1.82, 2.24) is 26.6 Å². The molecule has 1 aliphatic heterocycles. The van der Waals surface area contributed by atoms with Crippen LogP contribution in [0, 0.1) is 0 Å². The van der Waals surface area contributed by atoms with E-state index in [1.807, 2.05) is 109 Å². The van der Waals surface area contributed by atoms with Gasteiger partial charge in [-0.2, -0.15) is 0 Å². The number of hydrogen-bond acceptors (Lipinski definition) is 6. The van der Waals surface area contributed by atoms with Crippen molar-refractivity contribution in [1.29, 1.82) is 0 Å². The van der Waals surface area contributed by atoms with Crippen molar-refractivity contribution in [2.24, 2.45) is 16.5 Å². The lowest BCUT2D eigenvalue weighted by Gasteiger charge is -2.18. The molecule has 0 aliphatic carbocycles. The first-order valence-electron chi connectivity index (χ1n) is 15.3. The zero-order chi connectivity index (χ0) is 32.1. The van der Waals surface area contributed by atoms with Crippen LogP contribution >= 0.6 is 0 Å². The van der Waals surface area contributed by atoms with Gasteiger partial charge in [0.05, 0.1) is 24.7 Å². The van der Waals surface area contributed by atoms with Crippen LogP contribution in [-0.4, -0.2) is 24.4 Å². The molecule has 1 atom stereocenters. The Labute approximate surface area is 269 Å². The summed E-state index contributed by atoms with van der Waals surface area (Å²) in [6.45, 7) is 2.40. The Morgan fingerprint density at radius 1 is 0.696 bits per heavy atom. The average Bonchev–Trinajstić information content (AvgIpc) is 3.94. The molecule has 1 fully saturated rings. The Kier molecular flexibility index (Phi) is 10.9.